The molecule has 2 saturated heterocycles. The van der Waals surface area contributed by atoms with Gasteiger partial charge in [-0.3, -0.25) is 4.90 Å². The molecule has 0 N–H and O–H groups in total. The van der Waals surface area contributed by atoms with Crippen LogP contribution in [-0.4, -0.2) is 52.8 Å². The summed E-state index contributed by atoms with van der Waals surface area (Å²) in [6, 6.07) is 6.59. The summed E-state index contributed by atoms with van der Waals surface area (Å²) in [5.74, 6) is 0.880. The Hall–Kier alpha value is -0.690. The van der Waals surface area contributed by atoms with Crippen molar-refractivity contribution in [2.45, 2.75) is 6.10 Å². The highest BCUT2D eigenvalue weighted by molar-refractivity contribution is 8.23. The number of thiocarbonyl (C=S) groups is 1. The highest BCUT2D eigenvalue weighted by Gasteiger charge is 2.25. The Morgan fingerprint density at radius 3 is 2.80 bits per heavy atom. The van der Waals surface area contributed by atoms with E-state index in [1.165, 1.54) is 12.1 Å². The molecule has 108 valence electrons. The molecule has 1 aromatic carbocycles. The second kappa shape index (κ2) is 6.39. The minimum Gasteiger partial charge on any atom is -0.371 e. The van der Waals surface area contributed by atoms with E-state index in [0.717, 1.165) is 41.9 Å². The topological polar surface area (TPSA) is 15.7 Å². The first-order valence-corrected chi connectivity index (χ1v) is 8.13. The lowest BCUT2D eigenvalue weighted by atomic mass is 10.1. The molecule has 3 rings (SSSR count). The summed E-state index contributed by atoms with van der Waals surface area (Å²) in [6.45, 7) is 4.35. The summed E-state index contributed by atoms with van der Waals surface area (Å²) >= 11 is 7.09. The van der Waals surface area contributed by atoms with Gasteiger partial charge in [-0.2, -0.15) is 0 Å². The number of hydrogen-bond acceptors (Lipinski definition) is 4. The first-order valence-electron chi connectivity index (χ1n) is 6.73. The number of hydrogen-bond donors (Lipinski definition) is 0. The first-order chi connectivity index (χ1) is 9.72. The van der Waals surface area contributed by atoms with E-state index in [4.69, 9.17) is 17.0 Å². The van der Waals surface area contributed by atoms with E-state index in [9.17, 15) is 4.39 Å². The van der Waals surface area contributed by atoms with Gasteiger partial charge in [0, 0.05) is 25.4 Å². The van der Waals surface area contributed by atoms with Crippen molar-refractivity contribution < 1.29 is 9.13 Å². The van der Waals surface area contributed by atoms with Crippen LogP contribution in [0.3, 0.4) is 0 Å². The number of ether oxygens (including phenoxy) is 1. The average Bonchev–Trinajstić information content (AvgIpc) is 2.85. The van der Waals surface area contributed by atoms with Crippen LogP contribution in [0.4, 0.5) is 4.39 Å². The van der Waals surface area contributed by atoms with Crippen molar-refractivity contribution in [3.05, 3.63) is 35.6 Å². The molecular weight excluding hydrogens is 295 g/mol. The SMILES string of the molecule is Fc1ccc(C2CN(CN3CCSC3=S)CCO2)cc1. The van der Waals surface area contributed by atoms with Crippen LogP contribution in [0.2, 0.25) is 0 Å². The molecule has 1 aromatic rings. The lowest BCUT2D eigenvalue weighted by molar-refractivity contribution is -0.0394. The smallest absolute Gasteiger partial charge is 0.137 e. The van der Waals surface area contributed by atoms with Gasteiger partial charge in [0.25, 0.3) is 0 Å². The summed E-state index contributed by atoms with van der Waals surface area (Å²) in [5, 5.41) is 0. The molecule has 0 amide bonds. The minimum atomic E-state index is -0.208. The molecule has 0 saturated carbocycles. The van der Waals surface area contributed by atoms with E-state index >= 15 is 0 Å². The van der Waals surface area contributed by atoms with E-state index in [1.807, 2.05) is 0 Å². The molecule has 0 spiro atoms. The average molecular weight is 312 g/mol. The van der Waals surface area contributed by atoms with Gasteiger partial charge in [0.2, 0.25) is 0 Å². The molecule has 0 aliphatic carbocycles. The molecule has 2 aliphatic heterocycles. The lowest BCUT2D eigenvalue weighted by Crippen LogP contribution is -2.45. The van der Waals surface area contributed by atoms with Crippen LogP contribution in [0.15, 0.2) is 24.3 Å². The highest BCUT2D eigenvalue weighted by atomic mass is 32.2. The van der Waals surface area contributed by atoms with Crippen molar-refractivity contribution in [2.75, 3.05) is 38.7 Å². The second-order valence-electron chi connectivity index (χ2n) is 5.01. The van der Waals surface area contributed by atoms with Gasteiger partial charge in [0.05, 0.1) is 19.4 Å². The Labute approximate surface area is 128 Å². The van der Waals surface area contributed by atoms with Crippen LogP contribution in [0.1, 0.15) is 11.7 Å². The van der Waals surface area contributed by atoms with Crippen molar-refractivity contribution in [1.29, 1.82) is 0 Å². The van der Waals surface area contributed by atoms with Gasteiger partial charge in [-0.1, -0.05) is 36.1 Å². The van der Waals surface area contributed by atoms with Gasteiger partial charge in [-0.25, -0.2) is 4.39 Å². The van der Waals surface area contributed by atoms with E-state index in [2.05, 4.69) is 9.80 Å². The predicted octanol–water partition coefficient (Wildman–Crippen LogP) is 2.49. The van der Waals surface area contributed by atoms with Gasteiger partial charge >= 0.3 is 0 Å². The molecule has 1 atom stereocenters. The van der Waals surface area contributed by atoms with Crippen LogP contribution in [0.25, 0.3) is 0 Å². The van der Waals surface area contributed by atoms with Crippen molar-refractivity contribution >= 4 is 28.3 Å². The quantitative estimate of drug-likeness (QED) is 0.795. The van der Waals surface area contributed by atoms with Gasteiger partial charge in [-0.15, -0.1) is 0 Å². The monoisotopic (exact) mass is 312 g/mol. The third-order valence-electron chi connectivity index (χ3n) is 3.61. The third kappa shape index (κ3) is 3.31. The Morgan fingerprint density at radius 1 is 1.30 bits per heavy atom. The number of thioether (sulfide) groups is 1. The highest BCUT2D eigenvalue weighted by Crippen LogP contribution is 2.24. The Balaban J connectivity index is 1.61. The van der Waals surface area contributed by atoms with Gasteiger partial charge < -0.3 is 9.64 Å². The molecule has 2 fully saturated rings. The molecule has 2 heterocycles. The minimum absolute atomic E-state index is 0.0215. The zero-order valence-corrected chi connectivity index (χ0v) is 12.8. The number of halogens is 1. The molecule has 0 aromatic heterocycles. The van der Waals surface area contributed by atoms with E-state index < -0.39 is 0 Å². The van der Waals surface area contributed by atoms with Gasteiger partial charge in [0.15, 0.2) is 0 Å². The largest absolute Gasteiger partial charge is 0.371 e. The normalized spacial score (nSPS) is 24.4. The predicted molar refractivity (Wildman–Crippen MR) is 83.3 cm³/mol. The van der Waals surface area contributed by atoms with Crippen LogP contribution < -0.4 is 0 Å². The summed E-state index contributed by atoms with van der Waals surface area (Å²) in [6.07, 6.45) is 0.0215. The van der Waals surface area contributed by atoms with Crippen LogP contribution in [0.5, 0.6) is 0 Å². The van der Waals surface area contributed by atoms with Crippen LogP contribution >= 0.6 is 24.0 Å². The molecule has 2 aliphatic rings. The van der Waals surface area contributed by atoms with Crippen LogP contribution in [-0.2, 0) is 4.74 Å². The Bertz CT molecular complexity index is 483. The first kappa shape index (κ1) is 14.3. The molecule has 0 bridgehead atoms. The number of morpholine rings is 1. The standard InChI is InChI=1S/C14H17FN2OS2/c15-12-3-1-11(2-4-12)13-9-16(5-7-18-13)10-17-6-8-20-14(17)19/h1-4,13H,5-10H2. The summed E-state index contributed by atoms with van der Waals surface area (Å²) in [5.41, 5.74) is 1.04. The summed E-state index contributed by atoms with van der Waals surface area (Å²) in [7, 11) is 0. The van der Waals surface area contributed by atoms with Gasteiger partial charge in [0.1, 0.15) is 10.1 Å². The van der Waals surface area contributed by atoms with Crippen molar-refractivity contribution in [3.63, 3.8) is 0 Å². The molecule has 20 heavy (non-hydrogen) atoms. The number of nitrogens with zero attached hydrogens (tertiary/aromatic N) is 2. The van der Waals surface area contributed by atoms with E-state index in [0.29, 0.717) is 6.61 Å². The molecular formula is C14H17FN2OS2. The Morgan fingerprint density at radius 2 is 2.10 bits per heavy atom. The molecule has 3 nitrogen and oxygen atoms in total. The summed E-state index contributed by atoms with van der Waals surface area (Å²) < 4.78 is 19.8. The maximum atomic E-state index is 13.0. The fourth-order valence-corrected chi connectivity index (χ4v) is 3.72. The van der Waals surface area contributed by atoms with E-state index in [-0.39, 0.29) is 11.9 Å². The number of rotatable bonds is 3. The molecule has 0 radical (unpaired) electrons. The number of benzene rings is 1. The summed E-state index contributed by atoms with van der Waals surface area (Å²) in [4.78, 5) is 4.60. The van der Waals surface area contributed by atoms with Gasteiger partial charge in [-0.05, 0) is 17.7 Å². The molecule has 1 unspecified atom stereocenters. The van der Waals surface area contributed by atoms with Crippen LogP contribution in [0, 0.1) is 5.82 Å². The van der Waals surface area contributed by atoms with Crippen molar-refractivity contribution in [3.8, 4) is 0 Å². The zero-order valence-electron chi connectivity index (χ0n) is 11.1. The van der Waals surface area contributed by atoms with E-state index in [1.54, 1.807) is 23.9 Å². The Kier molecular flexibility index (Phi) is 4.55. The zero-order chi connectivity index (χ0) is 13.9. The maximum Gasteiger partial charge on any atom is 0.137 e. The fraction of sp³-hybridized carbons (Fsp3) is 0.500. The van der Waals surface area contributed by atoms with Crippen molar-refractivity contribution in [2.24, 2.45) is 0 Å². The lowest BCUT2D eigenvalue weighted by Gasteiger charge is -2.35. The molecule has 6 heteroatoms. The third-order valence-corrected chi connectivity index (χ3v) is 5.11. The van der Waals surface area contributed by atoms with Crippen molar-refractivity contribution in [1.82, 2.24) is 9.80 Å². The second-order valence-corrected chi connectivity index (χ2v) is 6.74. The fourth-order valence-electron chi connectivity index (χ4n) is 2.51. The maximum absolute atomic E-state index is 13.0.